The minimum atomic E-state index is -0.460. The maximum atomic E-state index is 10.4. The Morgan fingerprint density at radius 2 is 1.47 bits per heavy atom. The fourth-order valence-corrected chi connectivity index (χ4v) is 3.03. The Bertz CT molecular complexity index is 209. The third kappa shape index (κ3) is 3.69. The van der Waals surface area contributed by atoms with Crippen LogP contribution >= 0.6 is 0 Å². The molecule has 0 amide bonds. The fourth-order valence-electron chi connectivity index (χ4n) is 3.03. The molecule has 0 unspecified atom stereocenters. The first kappa shape index (κ1) is 15.0. The number of piperidine rings is 1. The van der Waals surface area contributed by atoms with Crippen molar-refractivity contribution in [3.05, 3.63) is 0 Å². The first-order valence-corrected chi connectivity index (χ1v) is 7.48. The van der Waals surface area contributed by atoms with Crippen molar-refractivity contribution >= 4 is 0 Å². The third-order valence-electron chi connectivity index (χ3n) is 5.25. The molecule has 2 nitrogen and oxygen atoms in total. The highest BCUT2D eigenvalue weighted by molar-refractivity contribution is 4.87. The average molecular weight is 241 g/mol. The zero-order valence-corrected chi connectivity index (χ0v) is 12.3. The molecular formula is C15H31NO. The molecule has 0 aromatic rings. The SMILES string of the molecule is CCC(O)(CC)CN1CCC(CC)(CC)CC1. The van der Waals surface area contributed by atoms with E-state index in [0.717, 1.165) is 19.4 Å². The number of likely N-dealkylation sites (tertiary alicyclic amines) is 1. The molecule has 0 saturated carbocycles. The second-order valence-corrected chi connectivity index (χ2v) is 5.91. The molecule has 1 heterocycles. The van der Waals surface area contributed by atoms with Crippen LogP contribution in [0.5, 0.6) is 0 Å². The van der Waals surface area contributed by atoms with Crippen LogP contribution < -0.4 is 0 Å². The van der Waals surface area contributed by atoms with Gasteiger partial charge < -0.3 is 10.0 Å². The van der Waals surface area contributed by atoms with Crippen LogP contribution in [0.15, 0.2) is 0 Å². The van der Waals surface area contributed by atoms with Gasteiger partial charge in [-0.25, -0.2) is 0 Å². The van der Waals surface area contributed by atoms with E-state index in [-0.39, 0.29) is 0 Å². The Kier molecular flexibility index (Phi) is 5.46. The van der Waals surface area contributed by atoms with Crippen LogP contribution in [0, 0.1) is 5.41 Å². The number of hydrogen-bond donors (Lipinski definition) is 1. The van der Waals surface area contributed by atoms with Crippen molar-refractivity contribution in [3.63, 3.8) is 0 Å². The molecule has 1 fully saturated rings. The molecule has 0 radical (unpaired) electrons. The maximum absolute atomic E-state index is 10.4. The van der Waals surface area contributed by atoms with E-state index in [4.69, 9.17) is 0 Å². The predicted molar refractivity (Wildman–Crippen MR) is 74.2 cm³/mol. The van der Waals surface area contributed by atoms with Crippen LogP contribution in [0.3, 0.4) is 0 Å². The van der Waals surface area contributed by atoms with Crippen LogP contribution in [0.4, 0.5) is 0 Å². The van der Waals surface area contributed by atoms with Gasteiger partial charge in [-0.3, -0.25) is 0 Å². The Morgan fingerprint density at radius 3 is 1.82 bits per heavy atom. The highest BCUT2D eigenvalue weighted by atomic mass is 16.3. The van der Waals surface area contributed by atoms with Gasteiger partial charge in [0.1, 0.15) is 0 Å². The van der Waals surface area contributed by atoms with Crippen LogP contribution in [0.2, 0.25) is 0 Å². The molecule has 0 atom stereocenters. The molecule has 1 aliphatic heterocycles. The lowest BCUT2D eigenvalue weighted by Gasteiger charge is -2.43. The third-order valence-corrected chi connectivity index (χ3v) is 5.25. The fraction of sp³-hybridized carbons (Fsp3) is 1.00. The zero-order chi connectivity index (χ0) is 12.9. The molecule has 17 heavy (non-hydrogen) atoms. The highest BCUT2D eigenvalue weighted by Gasteiger charge is 2.34. The van der Waals surface area contributed by atoms with Crippen molar-refractivity contribution in [2.75, 3.05) is 19.6 Å². The molecule has 1 N–H and O–H groups in total. The molecule has 1 rings (SSSR count). The van der Waals surface area contributed by atoms with Crippen LogP contribution in [0.1, 0.15) is 66.2 Å². The van der Waals surface area contributed by atoms with Gasteiger partial charge in [-0.1, -0.05) is 40.5 Å². The Balaban J connectivity index is 2.47. The number of β-amino-alcohol motifs (C(OH)–C–C–N with tert-alkyl or cyclic N) is 1. The lowest BCUT2D eigenvalue weighted by Crippen LogP contribution is -2.47. The summed E-state index contributed by atoms with van der Waals surface area (Å²) in [6.45, 7) is 12.0. The van der Waals surface area contributed by atoms with E-state index in [1.54, 1.807) is 0 Å². The lowest BCUT2D eigenvalue weighted by molar-refractivity contribution is -0.0216. The molecule has 0 aromatic heterocycles. The number of nitrogens with zero attached hydrogens (tertiary/aromatic N) is 1. The van der Waals surface area contributed by atoms with Gasteiger partial charge >= 0.3 is 0 Å². The predicted octanol–water partition coefficient (Wildman–Crippen LogP) is 3.44. The standard InChI is InChI=1S/C15H31NO/c1-5-14(6-2)9-11-16(12-10-14)13-15(17,7-3)8-4/h17H,5-13H2,1-4H3. The van der Waals surface area contributed by atoms with E-state index < -0.39 is 5.60 Å². The normalized spacial score (nSPS) is 21.7. The number of hydrogen-bond acceptors (Lipinski definition) is 2. The van der Waals surface area contributed by atoms with E-state index in [9.17, 15) is 5.11 Å². The highest BCUT2D eigenvalue weighted by Crippen LogP contribution is 2.38. The van der Waals surface area contributed by atoms with E-state index in [2.05, 4.69) is 32.6 Å². The minimum absolute atomic E-state index is 0.460. The van der Waals surface area contributed by atoms with Gasteiger partial charge in [0.05, 0.1) is 5.60 Å². The van der Waals surface area contributed by atoms with E-state index >= 15 is 0 Å². The summed E-state index contributed by atoms with van der Waals surface area (Å²) in [7, 11) is 0. The zero-order valence-electron chi connectivity index (χ0n) is 12.3. The summed E-state index contributed by atoms with van der Waals surface area (Å²) in [5.41, 5.74) is 0.130. The molecule has 1 aliphatic rings. The largest absolute Gasteiger partial charge is 0.389 e. The Morgan fingerprint density at radius 1 is 1.00 bits per heavy atom. The van der Waals surface area contributed by atoms with Crippen LogP contribution in [-0.2, 0) is 0 Å². The summed E-state index contributed by atoms with van der Waals surface area (Å²) in [5, 5.41) is 10.4. The maximum Gasteiger partial charge on any atom is 0.0768 e. The summed E-state index contributed by atoms with van der Waals surface area (Å²) >= 11 is 0. The molecule has 1 saturated heterocycles. The van der Waals surface area contributed by atoms with Gasteiger partial charge in [-0.2, -0.15) is 0 Å². The number of rotatable bonds is 6. The van der Waals surface area contributed by atoms with Gasteiger partial charge in [0.15, 0.2) is 0 Å². The van der Waals surface area contributed by atoms with Gasteiger partial charge in [-0.15, -0.1) is 0 Å². The molecule has 0 bridgehead atoms. The minimum Gasteiger partial charge on any atom is -0.389 e. The Labute approximate surface area is 107 Å². The summed E-state index contributed by atoms with van der Waals surface area (Å²) in [6.07, 6.45) is 6.97. The molecule has 0 aliphatic carbocycles. The summed E-state index contributed by atoms with van der Waals surface area (Å²) < 4.78 is 0. The average Bonchev–Trinajstić information content (AvgIpc) is 2.40. The summed E-state index contributed by atoms with van der Waals surface area (Å²) in [4.78, 5) is 2.47. The van der Waals surface area contributed by atoms with Crippen molar-refractivity contribution in [1.29, 1.82) is 0 Å². The molecule has 0 aromatic carbocycles. The van der Waals surface area contributed by atoms with Crippen molar-refractivity contribution in [1.82, 2.24) is 4.90 Å². The van der Waals surface area contributed by atoms with E-state index in [1.165, 1.54) is 38.8 Å². The van der Waals surface area contributed by atoms with Crippen molar-refractivity contribution < 1.29 is 5.11 Å². The topological polar surface area (TPSA) is 23.5 Å². The Hall–Kier alpha value is -0.0800. The van der Waals surface area contributed by atoms with Gasteiger partial charge in [0, 0.05) is 6.54 Å². The smallest absolute Gasteiger partial charge is 0.0768 e. The second-order valence-electron chi connectivity index (χ2n) is 5.91. The van der Waals surface area contributed by atoms with Crippen molar-refractivity contribution in [2.24, 2.45) is 5.41 Å². The first-order valence-electron chi connectivity index (χ1n) is 7.48. The molecule has 2 heteroatoms. The number of aliphatic hydroxyl groups is 1. The summed E-state index contributed by atoms with van der Waals surface area (Å²) in [5.74, 6) is 0. The van der Waals surface area contributed by atoms with E-state index in [1.807, 2.05) is 0 Å². The molecular weight excluding hydrogens is 210 g/mol. The van der Waals surface area contributed by atoms with Crippen molar-refractivity contribution in [2.45, 2.75) is 71.8 Å². The lowest BCUT2D eigenvalue weighted by atomic mass is 9.74. The van der Waals surface area contributed by atoms with E-state index in [0.29, 0.717) is 5.41 Å². The monoisotopic (exact) mass is 241 g/mol. The second kappa shape index (κ2) is 6.19. The molecule has 102 valence electrons. The van der Waals surface area contributed by atoms with Crippen molar-refractivity contribution in [3.8, 4) is 0 Å². The summed E-state index contributed by atoms with van der Waals surface area (Å²) in [6, 6.07) is 0. The quantitative estimate of drug-likeness (QED) is 0.770. The molecule has 0 spiro atoms. The van der Waals surface area contributed by atoms with Gasteiger partial charge in [0.2, 0.25) is 0 Å². The van der Waals surface area contributed by atoms with Crippen LogP contribution in [0.25, 0.3) is 0 Å². The van der Waals surface area contributed by atoms with Gasteiger partial charge in [0.25, 0.3) is 0 Å². The van der Waals surface area contributed by atoms with Crippen LogP contribution in [-0.4, -0.2) is 35.2 Å². The first-order chi connectivity index (χ1) is 8.03. The van der Waals surface area contributed by atoms with Gasteiger partial charge in [-0.05, 0) is 44.2 Å².